The Balaban J connectivity index is 1.65. The number of rotatable bonds is 5. The summed E-state index contributed by atoms with van der Waals surface area (Å²) in [5.74, 6) is 0.524. The van der Waals surface area contributed by atoms with Crippen molar-refractivity contribution in [3.8, 4) is 0 Å². The molecule has 0 radical (unpaired) electrons. The van der Waals surface area contributed by atoms with Crippen molar-refractivity contribution in [3.63, 3.8) is 0 Å². The first-order chi connectivity index (χ1) is 12.2. The highest BCUT2D eigenvalue weighted by molar-refractivity contribution is 6.30. The van der Waals surface area contributed by atoms with Crippen molar-refractivity contribution < 1.29 is 13.9 Å². The smallest absolute Gasteiger partial charge is 0.340 e. The summed E-state index contributed by atoms with van der Waals surface area (Å²) >= 11 is 5.98. The third-order valence-electron chi connectivity index (χ3n) is 4.24. The highest BCUT2D eigenvalue weighted by Crippen LogP contribution is 2.35. The SMILES string of the molecule is O=C1OC(N(Cc2ccc(Cl)cc2)Cc2ccco2)c2ccccc21. The number of ether oxygens (including phenoxy) is 1. The first-order valence-electron chi connectivity index (χ1n) is 8.01. The third kappa shape index (κ3) is 3.31. The molecule has 1 unspecified atom stereocenters. The lowest BCUT2D eigenvalue weighted by atomic mass is 10.1. The van der Waals surface area contributed by atoms with Crippen LogP contribution in [0.1, 0.15) is 33.5 Å². The van der Waals surface area contributed by atoms with Crippen molar-refractivity contribution in [2.75, 3.05) is 0 Å². The van der Waals surface area contributed by atoms with Gasteiger partial charge in [-0.2, -0.15) is 0 Å². The van der Waals surface area contributed by atoms with E-state index >= 15 is 0 Å². The molecule has 0 spiro atoms. The zero-order valence-corrected chi connectivity index (χ0v) is 14.1. The van der Waals surface area contributed by atoms with E-state index < -0.39 is 6.23 Å². The zero-order valence-electron chi connectivity index (χ0n) is 13.4. The molecular weight excluding hydrogens is 338 g/mol. The van der Waals surface area contributed by atoms with E-state index in [1.54, 1.807) is 12.3 Å². The summed E-state index contributed by atoms with van der Waals surface area (Å²) in [5, 5.41) is 0.693. The van der Waals surface area contributed by atoms with Gasteiger partial charge in [0.25, 0.3) is 0 Å². The van der Waals surface area contributed by atoms with Gasteiger partial charge in [0.2, 0.25) is 0 Å². The minimum absolute atomic E-state index is 0.291. The Kier molecular flexibility index (Phi) is 4.30. The Morgan fingerprint density at radius 1 is 0.960 bits per heavy atom. The Hall–Kier alpha value is -2.56. The quantitative estimate of drug-likeness (QED) is 0.618. The molecule has 1 aliphatic rings. The van der Waals surface area contributed by atoms with Gasteiger partial charge >= 0.3 is 5.97 Å². The van der Waals surface area contributed by atoms with Crippen LogP contribution in [0.2, 0.25) is 5.02 Å². The zero-order chi connectivity index (χ0) is 17.2. The van der Waals surface area contributed by atoms with Crippen LogP contribution in [0.25, 0.3) is 0 Å². The van der Waals surface area contributed by atoms with E-state index in [2.05, 4.69) is 4.90 Å². The fourth-order valence-corrected chi connectivity index (χ4v) is 3.17. The Morgan fingerprint density at radius 2 is 1.76 bits per heavy atom. The molecule has 1 atom stereocenters. The molecule has 0 amide bonds. The van der Waals surface area contributed by atoms with E-state index in [-0.39, 0.29) is 5.97 Å². The molecule has 3 aromatic rings. The second-order valence-electron chi connectivity index (χ2n) is 5.96. The predicted octanol–water partition coefficient (Wildman–Crippen LogP) is 4.80. The molecule has 0 fully saturated rings. The second-order valence-corrected chi connectivity index (χ2v) is 6.39. The maximum Gasteiger partial charge on any atom is 0.340 e. The van der Waals surface area contributed by atoms with Gasteiger partial charge in [-0.1, -0.05) is 41.9 Å². The predicted molar refractivity (Wildman–Crippen MR) is 94.0 cm³/mol. The van der Waals surface area contributed by atoms with Gasteiger partial charge in [0.1, 0.15) is 5.76 Å². The van der Waals surface area contributed by atoms with Crippen LogP contribution in [0.15, 0.2) is 71.3 Å². The van der Waals surface area contributed by atoms with Gasteiger partial charge in [-0.15, -0.1) is 0 Å². The highest BCUT2D eigenvalue weighted by Gasteiger charge is 2.35. The number of nitrogens with zero attached hydrogens (tertiary/aromatic N) is 1. The summed E-state index contributed by atoms with van der Waals surface area (Å²) in [6.07, 6.45) is 1.20. The number of cyclic esters (lactones) is 1. The molecule has 25 heavy (non-hydrogen) atoms. The van der Waals surface area contributed by atoms with Crippen LogP contribution in [-0.4, -0.2) is 10.9 Å². The average Bonchev–Trinajstić information content (AvgIpc) is 3.25. The van der Waals surface area contributed by atoms with Gasteiger partial charge in [0.15, 0.2) is 6.23 Å². The van der Waals surface area contributed by atoms with E-state index in [0.29, 0.717) is 23.7 Å². The molecule has 2 heterocycles. The van der Waals surface area contributed by atoms with Crippen molar-refractivity contribution in [1.29, 1.82) is 0 Å². The molecule has 0 aliphatic carbocycles. The fourth-order valence-electron chi connectivity index (χ4n) is 3.05. The second kappa shape index (κ2) is 6.75. The summed E-state index contributed by atoms with van der Waals surface area (Å²) in [7, 11) is 0. The van der Waals surface area contributed by atoms with E-state index in [1.807, 2.05) is 54.6 Å². The summed E-state index contributed by atoms with van der Waals surface area (Å²) in [4.78, 5) is 14.3. The summed E-state index contributed by atoms with van der Waals surface area (Å²) in [6.45, 7) is 1.13. The highest BCUT2D eigenvalue weighted by atomic mass is 35.5. The molecule has 126 valence electrons. The molecule has 0 saturated carbocycles. The van der Waals surface area contributed by atoms with Crippen LogP contribution >= 0.6 is 11.6 Å². The lowest BCUT2D eigenvalue weighted by Gasteiger charge is -2.27. The number of benzene rings is 2. The Labute approximate surface area is 150 Å². The molecular formula is C20H16ClNO3. The van der Waals surface area contributed by atoms with Gasteiger partial charge < -0.3 is 9.15 Å². The van der Waals surface area contributed by atoms with E-state index in [1.165, 1.54) is 0 Å². The number of hydrogen-bond donors (Lipinski definition) is 0. The van der Waals surface area contributed by atoms with Gasteiger partial charge in [0, 0.05) is 17.1 Å². The number of carbonyl (C=O) groups is 1. The van der Waals surface area contributed by atoms with Crippen LogP contribution in [-0.2, 0) is 17.8 Å². The number of esters is 1. The maximum atomic E-state index is 12.2. The van der Waals surface area contributed by atoms with Crippen molar-refractivity contribution >= 4 is 17.6 Å². The topological polar surface area (TPSA) is 42.7 Å². The summed E-state index contributed by atoms with van der Waals surface area (Å²) in [6, 6.07) is 18.9. The van der Waals surface area contributed by atoms with Gasteiger partial charge in [-0.25, -0.2) is 4.79 Å². The number of halogens is 1. The molecule has 2 aromatic carbocycles. The minimum atomic E-state index is -0.440. The van der Waals surface area contributed by atoms with E-state index in [0.717, 1.165) is 16.9 Å². The minimum Gasteiger partial charge on any atom is -0.468 e. The first-order valence-corrected chi connectivity index (χ1v) is 8.39. The van der Waals surface area contributed by atoms with E-state index in [4.69, 9.17) is 20.8 Å². The van der Waals surface area contributed by atoms with Crippen molar-refractivity contribution in [2.45, 2.75) is 19.3 Å². The van der Waals surface area contributed by atoms with Crippen molar-refractivity contribution in [3.05, 3.63) is 94.4 Å². The molecule has 4 rings (SSSR count). The molecule has 0 N–H and O–H groups in total. The molecule has 0 bridgehead atoms. The lowest BCUT2D eigenvalue weighted by Crippen LogP contribution is -2.28. The summed E-state index contributed by atoms with van der Waals surface area (Å²) in [5.41, 5.74) is 2.58. The molecule has 5 heteroatoms. The number of carbonyl (C=O) groups excluding carboxylic acids is 1. The van der Waals surface area contributed by atoms with Crippen LogP contribution in [0.4, 0.5) is 0 Å². The maximum absolute atomic E-state index is 12.2. The summed E-state index contributed by atoms with van der Waals surface area (Å²) < 4.78 is 11.1. The van der Waals surface area contributed by atoms with Crippen molar-refractivity contribution in [2.24, 2.45) is 0 Å². The number of hydrogen-bond acceptors (Lipinski definition) is 4. The van der Waals surface area contributed by atoms with Crippen LogP contribution in [0, 0.1) is 0 Å². The number of fused-ring (bicyclic) bond motifs is 1. The lowest BCUT2D eigenvalue weighted by molar-refractivity contribution is -0.0335. The average molecular weight is 354 g/mol. The number of furan rings is 1. The molecule has 0 saturated heterocycles. The first kappa shape index (κ1) is 15.9. The van der Waals surface area contributed by atoms with Gasteiger partial charge in [0.05, 0.1) is 18.4 Å². The normalized spacial score (nSPS) is 16.1. The van der Waals surface area contributed by atoms with Crippen LogP contribution in [0.3, 0.4) is 0 Å². The Bertz CT molecular complexity index is 874. The molecule has 1 aliphatic heterocycles. The fraction of sp³-hybridized carbons (Fsp3) is 0.150. The standard InChI is InChI=1S/C20H16ClNO3/c21-15-9-7-14(8-10-15)12-22(13-16-4-3-11-24-16)19-17-5-1-2-6-18(17)20(23)25-19/h1-11,19H,12-13H2. The van der Waals surface area contributed by atoms with Crippen molar-refractivity contribution in [1.82, 2.24) is 4.90 Å². The third-order valence-corrected chi connectivity index (χ3v) is 4.49. The van der Waals surface area contributed by atoms with E-state index in [9.17, 15) is 4.79 Å². The monoisotopic (exact) mass is 353 g/mol. The van der Waals surface area contributed by atoms with Gasteiger partial charge in [-0.3, -0.25) is 4.90 Å². The molecule has 1 aromatic heterocycles. The molecule has 4 nitrogen and oxygen atoms in total. The Morgan fingerprint density at radius 3 is 2.52 bits per heavy atom. The van der Waals surface area contributed by atoms with Crippen LogP contribution < -0.4 is 0 Å². The largest absolute Gasteiger partial charge is 0.468 e. The van der Waals surface area contributed by atoms with Gasteiger partial charge in [-0.05, 0) is 35.9 Å². The van der Waals surface area contributed by atoms with Crippen LogP contribution in [0.5, 0.6) is 0 Å².